The van der Waals surface area contributed by atoms with E-state index < -0.39 is 5.97 Å². The molecule has 2 aromatic rings. The molecule has 0 bridgehead atoms. The Kier molecular flexibility index (Phi) is 4.75. The minimum Gasteiger partial charge on any atom is -0.478 e. The van der Waals surface area contributed by atoms with Gasteiger partial charge in [0.1, 0.15) is 0 Å². The zero-order chi connectivity index (χ0) is 15.4. The van der Waals surface area contributed by atoms with E-state index in [1.54, 1.807) is 35.4 Å². The average Bonchev–Trinajstić information content (AvgIpc) is 2.98. The predicted octanol–water partition coefficient (Wildman–Crippen LogP) is 3.15. The van der Waals surface area contributed by atoms with Crippen LogP contribution in [-0.2, 0) is 6.42 Å². The maximum atomic E-state index is 12.4. The summed E-state index contributed by atoms with van der Waals surface area (Å²) in [5.41, 5.74) is 0.524. The van der Waals surface area contributed by atoms with Crippen molar-refractivity contribution in [3.05, 3.63) is 57.8 Å². The smallest absolute Gasteiger partial charge is 0.335 e. The Morgan fingerprint density at radius 3 is 2.57 bits per heavy atom. The minimum atomic E-state index is -1.03. The third-order valence-electron chi connectivity index (χ3n) is 3.41. The van der Waals surface area contributed by atoms with Crippen molar-refractivity contribution < 1.29 is 14.7 Å². The fourth-order valence-corrected chi connectivity index (χ4v) is 2.87. The standard InChI is InChI=1S/C16H17NO3S/c1-11(9-14-7-4-8-21-14)17(2)15(18)12-5-3-6-13(10-12)16(19)20/h3-8,10-11H,9H2,1-2H3,(H,19,20). The van der Waals surface area contributed by atoms with Crippen LogP contribution in [0, 0.1) is 0 Å². The summed E-state index contributed by atoms with van der Waals surface area (Å²) < 4.78 is 0. The molecule has 0 saturated heterocycles. The van der Waals surface area contributed by atoms with Crippen LogP contribution in [0.15, 0.2) is 41.8 Å². The lowest BCUT2D eigenvalue weighted by atomic mass is 10.1. The summed E-state index contributed by atoms with van der Waals surface area (Å²) in [4.78, 5) is 26.3. The van der Waals surface area contributed by atoms with Crippen LogP contribution in [-0.4, -0.2) is 35.0 Å². The fraction of sp³-hybridized carbons (Fsp3) is 0.250. The third kappa shape index (κ3) is 3.70. The van der Waals surface area contributed by atoms with Crippen molar-refractivity contribution >= 4 is 23.2 Å². The fourth-order valence-electron chi connectivity index (χ4n) is 2.05. The molecule has 1 heterocycles. The topological polar surface area (TPSA) is 57.6 Å². The van der Waals surface area contributed by atoms with Crippen LogP contribution in [0.1, 0.15) is 32.5 Å². The molecule has 2 rings (SSSR count). The molecule has 1 amide bonds. The van der Waals surface area contributed by atoms with Gasteiger partial charge in [-0.3, -0.25) is 4.79 Å². The Bertz CT molecular complexity index is 637. The molecule has 5 heteroatoms. The highest BCUT2D eigenvalue weighted by molar-refractivity contribution is 7.09. The first-order chi connectivity index (χ1) is 9.99. The van der Waals surface area contributed by atoms with E-state index in [1.165, 1.54) is 17.0 Å². The van der Waals surface area contributed by atoms with Crippen LogP contribution >= 0.6 is 11.3 Å². The van der Waals surface area contributed by atoms with Crippen molar-refractivity contribution in [3.8, 4) is 0 Å². The van der Waals surface area contributed by atoms with Crippen LogP contribution in [0.4, 0.5) is 0 Å². The van der Waals surface area contributed by atoms with Gasteiger partial charge in [-0.15, -0.1) is 11.3 Å². The van der Waals surface area contributed by atoms with E-state index in [0.29, 0.717) is 5.56 Å². The number of carboxylic acid groups (broad SMARTS) is 1. The molecule has 0 aliphatic carbocycles. The van der Waals surface area contributed by atoms with Crippen molar-refractivity contribution in [2.75, 3.05) is 7.05 Å². The number of carbonyl (C=O) groups excluding carboxylic acids is 1. The van der Waals surface area contributed by atoms with Gasteiger partial charge in [-0.05, 0) is 36.6 Å². The molecule has 1 aromatic heterocycles. The third-order valence-corrected chi connectivity index (χ3v) is 4.31. The molecule has 21 heavy (non-hydrogen) atoms. The number of hydrogen-bond donors (Lipinski definition) is 1. The number of benzene rings is 1. The van der Waals surface area contributed by atoms with Crippen LogP contribution in [0.5, 0.6) is 0 Å². The minimum absolute atomic E-state index is 0.0460. The number of carbonyl (C=O) groups is 2. The molecule has 110 valence electrons. The van der Waals surface area contributed by atoms with E-state index in [-0.39, 0.29) is 17.5 Å². The normalized spacial score (nSPS) is 11.9. The van der Waals surface area contributed by atoms with E-state index in [4.69, 9.17) is 5.11 Å². The maximum Gasteiger partial charge on any atom is 0.335 e. The zero-order valence-corrected chi connectivity index (χ0v) is 12.8. The number of amides is 1. The summed E-state index contributed by atoms with van der Waals surface area (Å²) in [6.45, 7) is 1.98. The van der Waals surface area contributed by atoms with E-state index in [0.717, 1.165) is 6.42 Å². The van der Waals surface area contributed by atoms with E-state index in [1.807, 2.05) is 24.4 Å². The van der Waals surface area contributed by atoms with E-state index in [9.17, 15) is 9.59 Å². The van der Waals surface area contributed by atoms with Gasteiger partial charge < -0.3 is 10.0 Å². The Hall–Kier alpha value is -2.14. The Labute approximate surface area is 127 Å². The number of aromatic carboxylic acids is 1. The van der Waals surface area contributed by atoms with Crippen molar-refractivity contribution in [1.82, 2.24) is 4.90 Å². The lowest BCUT2D eigenvalue weighted by molar-refractivity contribution is 0.0697. The highest BCUT2D eigenvalue weighted by Crippen LogP contribution is 2.16. The molecule has 0 aliphatic rings. The first-order valence-electron chi connectivity index (χ1n) is 6.62. The van der Waals surface area contributed by atoms with Gasteiger partial charge in [-0.25, -0.2) is 4.79 Å². The molecule has 0 aliphatic heterocycles. The van der Waals surface area contributed by atoms with Crippen molar-refractivity contribution in [1.29, 1.82) is 0 Å². The van der Waals surface area contributed by atoms with Gasteiger partial charge in [0.2, 0.25) is 0 Å². The monoisotopic (exact) mass is 303 g/mol. The predicted molar refractivity (Wildman–Crippen MR) is 83.0 cm³/mol. The molecule has 1 unspecified atom stereocenters. The highest BCUT2D eigenvalue weighted by Gasteiger charge is 2.19. The number of likely N-dealkylation sites (N-methyl/N-ethyl adjacent to an activating group) is 1. The molecular formula is C16H17NO3S. The second kappa shape index (κ2) is 6.54. The summed E-state index contributed by atoms with van der Waals surface area (Å²) in [7, 11) is 1.74. The molecule has 0 saturated carbocycles. The van der Waals surface area contributed by atoms with Crippen molar-refractivity contribution in [2.24, 2.45) is 0 Å². The molecule has 1 atom stereocenters. The summed E-state index contributed by atoms with van der Waals surface area (Å²) in [6.07, 6.45) is 0.790. The number of thiophene rings is 1. The Morgan fingerprint density at radius 1 is 1.24 bits per heavy atom. The second-order valence-electron chi connectivity index (χ2n) is 4.93. The summed E-state index contributed by atoms with van der Waals surface area (Å²) in [6, 6.07) is 10.2. The van der Waals surface area contributed by atoms with Gasteiger partial charge in [0.25, 0.3) is 5.91 Å². The number of carboxylic acids is 1. The highest BCUT2D eigenvalue weighted by atomic mass is 32.1. The van der Waals surface area contributed by atoms with Gasteiger partial charge in [0.15, 0.2) is 0 Å². The molecule has 0 fully saturated rings. The molecule has 4 nitrogen and oxygen atoms in total. The lowest BCUT2D eigenvalue weighted by Crippen LogP contribution is -2.36. The van der Waals surface area contributed by atoms with Gasteiger partial charge in [-0.2, -0.15) is 0 Å². The summed E-state index contributed by atoms with van der Waals surface area (Å²) in [5, 5.41) is 11.0. The SMILES string of the molecule is CC(Cc1cccs1)N(C)C(=O)c1cccc(C(=O)O)c1. The Balaban J connectivity index is 2.11. The molecule has 1 N–H and O–H groups in total. The van der Waals surface area contributed by atoms with Crippen molar-refractivity contribution in [2.45, 2.75) is 19.4 Å². The van der Waals surface area contributed by atoms with Crippen LogP contribution in [0.2, 0.25) is 0 Å². The Morgan fingerprint density at radius 2 is 1.95 bits per heavy atom. The van der Waals surface area contributed by atoms with E-state index in [2.05, 4.69) is 0 Å². The molecule has 1 aromatic carbocycles. The molecular weight excluding hydrogens is 286 g/mol. The average molecular weight is 303 g/mol. The quantitative estimate of drug-likeness (QED) is 0.923. The summed E-state index contributed by atoms with van der Waals surface area (Å²) >= 11 is 1.67. The number of nitrogens with zero attached hydrogens (tertiary/aromatic N) is 1. The number of rotatable bonds is 5. The van der Waals surface area contributed by atoms with Crippen LogP contribution in [0.3, 0.4) is 0 Å². The first-order valence-corrected chi connectivity index (χ1v) is 7.50. The first kappa shape index (κ1) is 15.3. The second-order valence-corrected chi connectivity index (χ2v) is 5.97. The number of hydrogen-bond acceptors (Lipinski definition) is 3. The largest absolute Gasteiger partial charge is 0.478 e. The van der Waals surface area contributed by atoms with Gasteiger partial charge in [-0.1, -0.05) is 12.1 Å². The van der Waals surface area contributed by atoms with Gasteiger partial charge in [0.05, 0.1) is 5.56 Å². The molecule has 0 spiro atoms. The molecule has 0 radical (unpaired) electrons. The van der Waals surface area contributed by atoms with Crippen LogP contribution in [0.25, 0.3) is 0 Å². The van der Waals surface area contributed by atoms with Gasteiger partial charge in [0, 0.05) is 30.0 Å². The summed E-state index contributed by atoms with van der Waals surface area (Å²) in [5.74, 6) is -1.19. The maximum absolute atomic E-state index is 12.4. The van der Waals surface area contributed by atoms with Crippen molar-refractivity contribution in [3.63, 3.8) is 0 Å². The lowest BCUT2D eigenvalue weighted by Gasteiger charge is -2.24. The van der Waals surface area contributed by atoms with Gasteiger partial charge >= 0.3 is 5.97 Å². The van der Waals surface area contributed by atoms with E-state index >= 15 is 0 Å². The van der Waals surface area contributed by atoms with Crippen LogP contribution < -0.4 is 0 Å². The zero-order valence-electron chi connectivity index (χ0n) is 11.9.